The third-order valence-electron chi connectivity index (χ3n) is 7.54. The second-order valence-electron chi connectivity index (χ2n) is 9.85. The molecular formula is C27H24FN7. The van der Waals surface area contributed by atoms with Crippen LogP contribution in [0.3, 0.4) is 0 Å². The summed E-state index contributed by atoms with van der Waals surface area (Å²) in [6.07, 6.45) is 14.2. The van der Waals surface area contributed by atoms with Crippen LogP contribution in [0.15, 0.2) is 49.2 Å². The van der Waals surface area contributed by atoms with Crippen LogP contribution in [-0.2, 0) is 6.54 Å². The zero-order valence-corrected chi connectivity index (χ0v) is 19.2. The first-order valence-electron chi connectivity index (χ1n) is 12.0. The van der Waals surface area contributed by atoms with E-state index in [1.807, 2.05) is 23.0 Å². The second-order valence-corrected chi connectivity index (χ2v) is 9.85. The summed E-state index contributed by atoms with van der Waals surface area (Å²) in [5.74, 6) is 0.0516. The molecule has 0 aliphatic heterocycles. The lowest BCUT2D eigenvalue weighted by Gasteiger charge is -2.25. The fourth-order valence-corrected chi connectivity index (χ4v) is 5.25. The van der Waals surface area contributed by atoms with Crippen molar-refractivity contribution in [3.8, 4) is 34.4 Å². The maximum atomic E-state index is 15.3. The van der Waals surface area contributed by atoms with Crippen LogP contribution < -0.4 is 0 Å². The minimum Gasteiger partial charge on any atom is -0.271 e. The molecule has 2 aliphatic rings. The second kappa shape index (κ2) is 8.32. The Kier molecular flexibility index (Phi) is 5.11. The van der Waals surface area contributed by atoms with Crippen LogP contribution >= 0.6 is 0 Å². The maximum Gasteiger partial charge on any atom is 0.131 e. The largest absolute Gasteiger partial charge is 0.271 e. The molecule has 0 spiro atoms. The predicted molar refractivity (Wildman–Crippen MR) is 127 cm³/mol. The van der Waals surface area contributed by atoms with E-state index in [1.165, 1.54) is 0 Å². The van der Waals surface area contributed by atoms with E-state index in [2.05, 4.69) is 22.3 Å². The lowest BCUT2D eigenvalue weighted by atomic mass is 9.80. The van der Waals surface area contributed by atoms with Gasteiger partial charge in [-0.05, 0) is 50.2 Å². The maximum absolute atomic E-state index is 15.3. The zero-order chi connectivity index (χ0) is 24.0. The summed E-state index contributed by atoms with van der Waals surface area (Å²) in [6, 6.07) is 9.99. The van der Waals surface area contributed by atoms with Gasteiger partial charge in [0.25, 0.3) is 0 Å². The minimum absolute atomic E-state index is 0.121. The average Bonchev–Trinajstić information content (AvgIpc) is 3.29. The molecule has 4 aromatic rings. The minimum atomic E-state index is -0.331. The Bertz CT molecular complexity index is 1490. The lowest BCUT2D eigenvalue weighted by Crippen LogP contribution is -2.14. The molecular weight excluding hydrogens is 441 g/mol. The summed E-state index contributed by atoms with van der Waals surface area (Å²) in [5, 5.41) is 27.4. The molecule has 2 fully saturated rings. The van der Waals surface area contributed by atoms with Gasteiger partial charge >= 0.3 is 0 Å². The molecule has 6 rings (SSSR count). The smallest absolute Gasteiger partial charge is 0.131 e. The van der Waals surface area contributed by atoms with E-state index in [0.29, 0.717) is 17.7 Å². The van der Waals surface area contributed by atoms with Crippen LogP contribution in [0.1, 0.15) is 50.1 Å². The number of aromatic nitrogens is 5. The highest BCUT2D eigenvalue weighted by Crippen LogP contribution is 2.46. The summed E-state index contributed by atoms with van der Waals surface area (Å²) in [6.45, 7) is 0.539. The Morgan fingerprint density at radius 2 is 1.86 bits per heavy atom. The van der Waals surface area contributed by atoms with Crippen molar-refractivity contribution in [2.75, 3.05) is 0 Å². The molecule has 0 bridgehead atoms. The van der Waals surface area contributed by atoms with E-state index in [4.69, 9.17) is 4.98 Å². The van der Waals surface area contributed by atoms with E-state index in [9.17, 15) is 10.5 Å². The lowest BCUT2D eigenvalue weighted by molar-refractivity contribution is 0.378. The third kappa shape index (κ3) is 3.85. The molecule has 35 heavy (non-hydrogen) atoms. The van der Waals surface area contributed by atoms with Crippen molar-refractivity contribution < 1.29 is 4.39 Å². The molecule has 3 aromatic heterocycles. The van der Waals surface area contributed by atoms with E-state index in [-0.39, 0.29) is 23.1 Å². The molecule has 0 unspecified atom stereocenters. The van der Waals surface area contributed by atoms with Crippen LogP contribution in [0.4, 0.5) is 4.39 Å². The highest BCUT2D eigenvalue weighted by molar-refractivity contribution is 5.83. The summed E-state index contributed by atoms with van der Waals surface area (Å²) in [7, 11) is 0. The van der Waals surface area contributed by atoms with Crippen molar-refractivity contribution in [1.82, 2.24) is 24.4 Å². The number of nitrogens with zero attached hydrogens (tertiary/aromatic N) is 7. The molecule has 2 aliphatic carbocycles. The van der Waals surface area contributed by atoms with Crippen molar-refractivity contribution >= 4 is 5.52 Å². The van der Waals surface area contributed by atoms with E-state index >= 15 is 4.39 Å². The Morgan fingerprint density at radius 1 is 1.03 bits per heavy atom. The molecule has 7 nitrogen and oxygen atoms in total. The summed E-state index contributed by atoms with van der Waals surface area (Å²) >= 11 is 0. The molecule has 8 heteroatoms. The third-order valence-corrected chi connectivity index (χ3v) is 7.54. The topological polar surface area (TPSA) is 95.6 Å². The predicted octanol–water partition coefficient (Wildman–Crippen LogP) is 5.50. The van der Waals surface area contributed by atoms with Gasteiger partial charge in [-0.25, -0.2) is 8.91 Å². The van der Waals surface area contributed by atoms with Crippen LogP contribution in [0.5, 0.6) is 0 Å². The molecule has 3 heterocycles. The molecule has 0 radical (unpaired) electrons. The van der Waals surface area contributed by atoms with Crippen molar-refractivity contribution in [2.24, 2.45) is 11.3 Å². The molecule has 0 N–H and O–H groups in total. The SMILES string of the molecule is N#CC1(Cn2cc(-c3ccc(-c4cnn5ccnc([C@H]6CC[C@@H](C#N)CC6)c45)cc3F)cn2)CC1. The normalized spacial score (nSPS) is 20.9. The molecule has 0 amide bonds. The Labute approximate surface area is 202 Å². The standard InChI is InChI=1S/C27H24FN7/c28-24-11-20(5-6-22(24)21-13-32-34(15-21)17-27(16-30)7-8-27)23-14-33-35-10-9-31-25(26(23)35)19-3-1-18(12-29)2-4-19/h5-6,9-11,13-15,18-19H,1-4,7-8,17H2/t18-,19+. The first kappa shape index (κ1) is 21.5. The van der Waals surface area contributed by atoms with Gasteiger partial charge in [-0.2, -0.15) is 20.7 Å². The van der Waals surface area contributed by atoms with Gasteiger partial charge < -0.3 is 0 Å². The molecule has 0 saturated heterocycles. The van der Waals surface area contributed by atoms with E-state index in [0.717, 1.165) is 60.9 Å². The van der Waals surface area contributed by atoms with Gasteiger partial charge in [0.15, 0.2) is 0 Å². The average molecular weight is 466 g/mol. The van der Waals surface area contributed by atoms with Crippen LogP contribution in [0.25, 0.3) is 27.8 Å². The number of rotatable bonds is 5. The van der Waals surface area contributed by atoms with E-state index in [1.54, 1.807) is 35.4 Å². The highest BCUT2D eigenvalue weighted by Gasteiger charge is 2.43. The van der Waals surface area contributed by atoms with E-state index < -0.39 is 0 Å². The van der Waals surface area contributed by atoms with Gasteiger partial charge in [0, 0.05) is 47.1 Å². The molecule has 1 aromatic carbocycles. The fourth-order valence-electron chi connectivity index (χ4n) is 5.25. The zero-order valence-electron chi connectivity index (χ0n) is 19.2. The Balaban J connectivity index is 1.31. The van der Waals surface area contributed by atoms with Gasteiger partial charge in [-0.3, -0.25) is 9.67 Å². The number of benzene rings is 1. The summed E-state index contributed by atoms with van der Waals surface area (Å²) in [4.78, 5) is 4.70. The number of halogens is 1. The highest BCUT2D eigenvalue weighted by atomic mass is 19.1. The van der Waals surface area contributed by atoms with Crippen molar-refractivity contribution in [3.05, 3.63) is 60.7 Å². The van der Waals surface area contributed by atoms with Crippen LogP contribution in [0, 0.1) is 39.8 Å². The first-order chi connectivity index (χ1) is 17.1. The van der Waals surface area contributed by atoms with Gasteiger partial charge in [0.1, 0.15) is 5.82 Å². The number of hydrogen-bond acceptors (Lipinski definition) is 5. The fraction of sp³-hybridized carbons (Fsp3) is 0.370. The molecule has 174 valence electrons. The van der Waals surface area contributed by atoms with Crippen molar-refractivity contribution in [1.29, 1.82) is 10.5 Å². The number of fused-ring (bicyclic) bond motifs is 1. The first-order valence-corrected chi connectivity index (χ1v) is 12.0. The quantitative estimate of drug-likeness (QED) is 0.388. The number of hydrogen-bond donors (Lipinski definition) is 0. The van der Waals surface area contributed by atoms with Gasteiger partial charge in [0.2, 0.25) is 0 Å². The summed E-state index contributed by atoms with van der Waals surface area (Å²) < 4.78 is 18.9. The van der Waals surface area contributed by atoms with Crippen LogP contribution in [-0.4, -0.2) is 24.4 Å². The summed E-state index contributed by atoms with van der Waals surface area (Å²) in [5.41, 5.74) is 4.32. The molecule has 0 atom stereocenters. The van der Waals surface area contributed by atoms with Gasteiger partial charge in [0.05, 0.1) is 47.7 Å². The Hall–Kier alpha value is -4.04. The van der Waals surface area contributed by atoms with Crippen LogP contribution in [0.2, 0.25) is 0 Å². The molecule has 2 saturated carbocycles. The Morgan fingerprint density at radius 3 is 2.57 bits per heavy atom. The van der Waals surface area contributed by atoms with Gasteiger partial charge in [-0.1, -0.05) is 12.1 Å². The van der Waals surface area contributed by atoms with Crippen molar-refractivity contribution in [2.45, 2.75) is 51.0 Å². The number of nitriles is 2. The van der Waals surface area contributed by atoms with Crippen molar-refractivity contribution in [3.63, 3.8) is 0 Å². The van der Waals surface area contributed by atoms with Gasteiger partial charge in [-0.15, -0.1) is 0 Å². The monoisotopic (exact) mass is 465 g/mol.